The molecular weight excluding hydrogens is 390 g/mol. The molecule has 0 saturated heterocycles. The monoisotopic (exact) mass is 411 g/mol. The van der Waals surface area contributed by atoms with Crippen molar-refractivity contribution in [1.82, 2.24) is 23.1 Å². The van der Waals surface area contributed by atoms with E-state index in [1.807, 2.05) is 65.3 Å². The number of imidazole rings is 2. The van der Waals surface area contributed by atoms with Gasteiger partial charge in [0.2, 0.25) is 5.78 Å². The Balaban J connectivity index is 1.92. The summed E-state index contributed by atoms with van der Waals surface area (Å²) in [4.78, 5) is 30.7. The molecule has 3 aromatic heterocycles. The number of hydrogen-bond donors (Lipinski definition) is 0. The normalized spacial score (nSPS) is 12.0. The second-order valence-electron chi connectivity index (χ2n) is 7.00. The highest BCUT2D eigenvalue weighted by Gasteiger charge is 2.22. The summed E-state index contributed by atoms with van der Waals surface area (Å²) < 4.78 is 6.48. The molecule has 0 amide bonds. The van der Waals surface area contributed by atoms with E-state index in [-0.39, 0.29) is 17.8 Å². The van der Waals surface area contributed by atoms with Gasteiger partial charge in [-0.3, -0.25) is 18.3 Å². The highest BCUT2D eigenvalue weighted by molar-refractivity contribution is 6.17. The van der Waals surface area contributed by atoms with Crippen LogP contribution < -0.4 is 11.2 Å². The van der Waals surface area contributed by atoms with E-state index >= 15 is 0 Å². The number of rotatable bonds is 5. The minimum absolute atomic E-state index is 0.185. The molecule has 8 heteroatoms. The van der Waals surface area contributed by atoms with Crippen molar-refractivity contribution < 1.29 is 0 Å². The third-order valence-electron chi connectivity index (χ3n) is 5.34. The van der Waals surface area contributed by atoms with Crippen LogP contribution in [-0.4, -0.2) is 29.0 Å². The Hall–Kier alpha value is -3.06. The van der Waals surface area contributed by atoms with Gasteiger partial charge < -0.3 is 4.57 Å². The third-order valence-corrected chi connectivity index (χ3v) is 5.50. The van der Waals surface area contributed by atoms with Gasteiger partial charge in [-0.1, -0.05) is 42.5 Å². The molecule has 150 valence electrons. The van der Waals surface area contributed by atoms with Crippen LogP contribution >= 0.6 is 11.6 Å². The van der Waals surface area contributed by atoms with E-state index < -0.39 is 0 Å². The summed E-state index contributed by atoms with van der Waals surface area (Å²) in [6.45, 7) is 4.68. The lowest BCUT2D eigenvalue weighted by Gasteiger charge is -2.06. The van der Waals surface area contributed by atoms with Gasteiger partial charge in [-0.2, -0.15) is 4.98 Å². The zero-order valence-electron chi connectivity index (χ0n) is 16.6. The van der Waals surface area contributed by atoms with Gasteiger partial charge in [0.15, 0.2) is 11.2 Å². The Morgan fingerprint density at radius 1 is 1.07 bits per heavy atom. The Labute approximate surface area is 172 Å². The van der Waals surface area contributed by atoms with E-state index in [1.165, 1.54) is 9.13 Å². The highest BCUT2D eigenvalue weighted by Crippen LogP contribution is 2.20. The maximum atomic E-state index is 13.3. The number of benzene rings is 1. The Morgan fingerprint density at radius 2 is 1.79 bits per heavy atom. The van der Waals surface area contributed by atoms with Crippen LogP contribution in [0, 0.1) is 13.8 Å². The molecule has 29 heavy (non-hydrogen) atoms. The quantitative estimate of drug-likeness (QED) is 0.474. The van der Waals surface area contributed by atoms with Crippen LogP contribution in [0.5, 0.6) is 0 Å². The number of halogens is 1. The second-order valence-corrected chi connectivity index (χ2v) is 7.38. The number of aryl methyl sites for hydroxylation is 3. The molecule has 0 saturated carbocycles. The molecule has 0 spiro atoms. The summed E-state index contributed by atoms with van der Waals surface area (Å²) in [7, 11) is 1.64. The van der Waals surface area contributed by atoms with E-state index in [4.69, 9.17) is 11.6 Å². The SMILES string of the molecule is Cc1c(C)n2c3c(=O)n(C/C=C\c4ccccc4)c(=O)n(C)c3nc2n1CCCl. The van der Waals surface area contributed by atoms with Gasteiger partial charge in [0.1, 0.15) is 0 Å². The first-order chi connectivity index (χ1) is 14.0. The Morgan fingerprint density at radius 3 is 2.48 bits per heavy atom. The van der Waals surface area contributed by atoms with Gasteiger partial charge in [-0.05, 0) is 19.4 Å². The van der Waals surface area contributed by atoms with Gasteiger partial charge in [0.05, 0.1) is 0 Å². The van der Waals surface area contributed by atoms with Crippen molar-refractivity contribution in [2.45, 2.75) is 26.9 Å². The van der Waals surface area contributed by atoms with Crippen LogP contribution in [0.1, 0.15) is 17.0 Å². The first-order valence-corrected chi connectivity index (χ1v) is 9.94. The van der Waals surface area contributed by atoms with Crippen molar-refractivity contribution in [3.8, 4) is 0 Å². The van der Waals surface area contributed by atoms with Crippen molar-refractivity contribution in [1.29, 1.82) is 0 Å². The molecular formula is C21H22ClN5O2. The van der Waals surface area contributed by atoms with Crippen LogP contribution in [0.4, 0.5) is 0 Å². The Kier molecular flexibility index (Phi) is 4.92. The van der Waals surface area contributed by atoms with Gasteiger partial charge in [-0.25, -0.2) is 4.79 Å². The standard InChI is InChI=1S/C21H22ClN5O2/c1-14-15(2)27-17-18(23-20(27)25(14)13-11-22)24(3)21(29)26(19(17)28)12-7-10-16-8-5-4-6-9-16/h4-10H,11-13H2,1-3H3/b10-7-. The van der Waals surface area contributed by atoms with Gasteiger partial charge in [0.25, 0.3) is 5.56 Å². The highest BCUT2D eigenvalue weighted by atomic mass is 35.5. The first kappa shape index (κ1) is 19.3. The fourth-order valence-corrected chi connectivity index (χ4v) is 3.86. The maximum absolute atomic E-state index is 13.3. The summed E-state index contributed by atoms with van der Waals surface area (Å²) in [5.74, 6) is 1.06. The van der Waals surface area contributed by atoms with Gasteiger partial charge >= 0.3 is 5.69 Å². The third kappa shape index (κ3) is 3.02. The molecule has 3 heterocycles. The van der Waals surface area contributed by atoms with Crippen molar-refractivity contribution in [2.24, 2.45) is 7.05 Å². The minimum atomic E-state index is -0.390. The number of allylic oxidation sites excluding steroid dienone is 1. The second kappa shape index (κ2) is 7.40. The molecule has 0 unspecified atom stereocenters. The van der Waals surface area contributed by atoms with Crippen molar-refractivity contribution >= 4 is 34.6 Å². The fourth-order valence-electron chi connectivity index (χ4n) is 3.69. The lowest BCUT2D eigenvalue weighted by Crippen LogP contribution is -2.39. The van der Waals surface area contributed by atoms with Gasteiger partial charge in [0, 0.05) is 37.4 Å². The molecule has 0 N–H and O–H groups in total. The summed E-state index contributed by atoms with van der Waals surface area (Å²) in [6.07, 6.45) is 3.72. The van der Waals surface area contributed by atoms with Crippen LogP contribution in [0.2, 0.25) is 0 Å². The average Bonchev–Trinajstić information content (AvgIpc) is 3.22. The van der Waals surface area contributed by atoms with E-state index in [0.29, 0.717) is 29.4 Å². The lowest BCUT2D eigenvalue weighted by molar-refractivity contribution is 0.667. The fraction of sp³-hybridized carbons (Fsp3) is 0.286. The first-order valence-electron chi connectivity index (χ1n) is 9.41. The predicted molar refractivity (Wildman–Crippen MR) is 116 cm³/mol. The zero-order valence-corrected chi connectivity index (χ0v) is 17.3. The topological polar surface area (TPSA) is 66.2 Å². The van der Waals surface area contributed by atoms with Crippen LogP contribution in [-0.2, 0) is 20.1 Å². The largest absolute Gasteiger partial charge is 0.332 e. The zero-order chi connectivity index (χ0) is 20.7. The smallest absolute Gasteiger partial charge is 0.313 e. The predicted octanol–water partition coefficient (Wildman–Crippen LogP) is 2.72. The molecule has 0 bridgehead atoms. The van der Waals surface area contributed by atoms with E-state index in [9.17, 15) is 9.59 Å². The molecule has 0 fully saturated rings. The number of hydrogen-bond acceptors (Lipinski definition) is 3. The summed E-state index contributed by atoms with van der Waals surface area (Å²) in [5.41, 5.74) is 2.97. The van der Waals surface area contributed by atoms with Crippen LogP contribution in [0.25, 0.3) is 23.0 Å². The number of aromatic nitrogens is 5. The van der Waals surface area contributed by atoms with Crippen molar-refractivity contribution in [3.63, 3.8) is 0 Å². The van der Waals surface area contributed by atoms with E-state index in [0.717, 1.165) is 17.0 Å². The molecule has 0 radical (unpaired) electrons. The average molecular weight is 412 g/mol. The van der Waals surface area contributed by atoms with E-state index in [2.05, 4.69) is 4.98 Å². The van der Waals surface area contributed by atoms with Gasteiger partial charge in [-0.15, -0.1) is 11.6 Å². The maximum Gasteiger partial charge on any atom is 0.332 e. The van der Waals surface area contributed by atoms with Crippen molar-refractivity contribution in [2.75, 3.05) is 5.88 Å². The van der Waals surface area contributed by atoms with Crippen molar-refractivity contribution in [3.05, 3.63) is 74.2 Å². The summed E-state index contributed by atoms with van der Waals surface area (Å²) >= 11 is 5.95. The number of alkyl halides is 1. The summed E-state index contributed by atoms with van der Waals surface area (Å²) in [5, 5.41) is 0. The summed E-state index contributed by atoms with van der Waals surface area (Å²) in [6, 6.07) is 9.75. The van der Waals surface area contributed by atoms with Crippen LogP contribution in [0.3, 0.4) is 0 Å². The van der Waals surface area contributed by atoms with Crippen LogP contribution in [0.15, 0.2) is 46.0 Å². The lowest BCUT2D eigenvalue weighted by atomic mass is 10.2. The number of fused-ring (bicyclic) bond motifs is 3. The molecule has 1 aromatic carbocycles. The minimum Gasteiger partial charge on any atom is -0.313 e. The molecule has 0 aliphatic carbocycles. The molecule has 0 aliphatic heterocycles. The number of nitrogens with zero attached hydrogens (tertiary/aromatic N) is 5. The molecule has 4 rings (SSSR count). The molecule has 0 atom stereocenters. The molecule has 0 aliphatic rings. The Bertz CT molecular complexity index is 1360. The molecule has 4 aromatic rings. The van der Waals surface area contributed by atoms with E-state index in [1.54, 1.807) is 7.05 Å². The molecule has 7 nitrogen and oxygen atoms in total.